The summed E-state index contributed by atoms with van der Waals surface area (Å²) in [6.45, 7) is 5.72. The summed E-state index contributed by atoms with van der Waals surface area (Å²) in [7, 11) is 0.995. The van der Waals surface area contributed by atoms with Gasteiger partial charge in [0.05, 0.1) is 6.61 Å². The van der Waals surface area contributed by atoms with Crippen LogP contribution in [0.3, 0.4) is 0 Å². The van der Waals surface area contributed by atoms with Gasteiger partial charge in [-0.1, -0.05) is 67.2 Å². The highest BCUT2D eigenvalue weighted by molar-refractivity contribution is 6.18. The van der Waals surface area contributed by atoms with Crippen LogP contribution in [0.5, 0.6) is 0 Å². The molecule has 0 spiro atoms. The molecule has 2 nitrogen and oxygen atoms in total. The molecule has 2 aromatic rings. The molecule has 0 amide bonds. The smallest absolute Gasteiger partial charge is 0.333 e. The summed E-state index contributed by atoms with van der Waals surface area (Å²) in [5, 5.41) is 0.0398. The van der Waals surface area contributed by atoms with Crippen LogP contribution in [0, 0.1) is 0 Å². The predicted molar refractivity (Wildman–Crippen MR) is 98.6 cm³/mol. The molecule has 0 unspecified atom stereocenters. The fourth-order valence-electron chi connectivity index (χ4n) is 2.78. The number of carbonyl (C=O) groups is 1. The maximum Gasteiger partial charge on any atom is 0.333 e. The topological polar surface area (TPSA) is 26.3 Å². The Morgan fingerprint density at radius 1 is 1.04 bits per heavy atom. The first-order valence-electron chi connectivity index (χ1n) is 7.98. The van der Waals surface area contributed by atoms with Gasteiger partial charge in [0.15, 0.2) is 0 Å². The van der Waals surface area contributed by atoms with E-state index in [0.717, 1.165) is 23.1 Å². The standard InChI is InChI=1S/C20H24O2Si/c1-16(2)19(21)22-15-9-14-20(23,17-10-5-3-6-11-17)18-12-7-4-8-13-18/h3-8,10-13H,1,9,14-15H2,2,23H3. The fourth-order valence-corrected chi connectivity index (χ4v) is 3.80. The molecule has 0 aliphatic heterocycles. The van der Waals surface area contributed by atoms with Gasteiger partial charge in [0.1, 0.15) is 0 Å². The molecule has 0 saturated heterocycles. The van der Waals surface area contributed by atoms with Crippen LogP contribution in [-0.2, 0) is 14.6 Å². The van der Waals surface area contributed by atoms with Crippen molar-refractivity contribution in [3.05, 3.63) is 83.9 Å². The van der Waals surface area contributed by atoms with Crippen molar-refractivity contribution in [2.75, 3.05) is 6.61 Å². The van der Waals surface area contributed by atoms with Gasteiger partial charge in [-0.25, -0.2) is 4.79 Å². The Morgan fingerprint density at radius 3 is 1.96 bits per heavy atom. The number of benzene rings is 2. The lowest BCUT2D eigenvalue weighted by Gasteiger charge is -2.31. The molecular formula is C20H24O2Si. The van der Waals surface area contributed by atoms with Crippen molar-refractivity contribution in [1.82, 2.24) is 0 Å². The Bertz CT molecular complexity index is 610. The van der Waals surface area contributed by atoms with Crippen LogP contribution in [0.15, 0.2) is 72.8 Å². The van der Waals surface area contributed by atoms with Crippen LogP contribution < -0.4 is 0 Å². The van der Waals surface area contributed by atoms with E-state index >= 15 is 0 Å². The van der Waals surface area contributed by atoms with Gasteiger partial charge in [-0.3, -0.25) is 0 Å². The van der Waals surface area contributed by atoms with Gasteiger partial charge in [0.2, 0.25) is 0 Å². The fraction of sp³-hybridized carbons (Fsp3) is 0.250. The third kappa shape index (κ3) is 4.42. The molecule has 2 rings (SSSR count). The molecule has 0 heterocycles. The first-order valence-corrected chi connectivity index (χ1v) is 8.98. The Kier molecular flexibility index (Phi) is 5.94. The summed E-state index contributed by atoms with van der Waals surface area (Å²) in [4.78, 5) is 11.5. The Hall–Kier alpha value is -2.13. The second-order valence-electron chi connectivity index (χ2n) is 6.08. The minimum absolute atomic E-state index is 0.0398. The van der Waals surface area contributed by atoms with E-state index in [0.29, 0.717) is 12.2 Å². The van der Waals surface area contributed by atoms with E-state index in [2.05, 4.69) is 55.1 Å². The van der Waals surface area contributed by atoms with Gasteiger partial charge in [0, 0.05) is 20.9 Å². The van der Waals surface area contributed by atoms with Gasteiger partial charge in [0.25, 0.3) is 0 Å². The van der Waals surface area contributed by atoms with E-state index in [1.165, 1.54) is 11.1 Å². The molecule has 0 bridgehead atoms. The van der Waals surface area contributed by atoms with E-state index in [9.17, 15) is 4.79 Å². The lowest BCUT2D eigenvalue weighted by Crippen LogP contribution is -2.28. The minimum Gasteiger partial charge on any atom is -0.462 e. The van der Waals surface area contributed by atoms with Crippen LogP contribution in [0.25, 0.3) is 0 Å². The zero-order chi connectivity index (χ0) is 16.7. The van der Waals surface area contributed by atoms with Gasteiger partial charge in [-0.15, -0.1) is 0 Å². The first-order chi connectivity index (χ1) is 11.0. The van der Waals surface area contributed by atoms with E-state index in [1.54, 1.807) is 6.92 Å². The van der Waals surface area contributed by atoms with E-state index < -0.39 is 0 Å². The average molecular weight is 324 g/mol. The molecule has 0 atom stereocenters. The summed E-state index contributed by atoms with van der Waals surface area (Å²) in [6.07, 6.45) is 1.81. The molecule has 0 N–H and O–H groups in total. The monoisotopic (exact) mass is 324 g/mol. The zero-order valence-electron chi connectivity index (χ0n) is 13.9. The Labute approximate surface area is 141 Å². The summed E-state index contributed by atoms with van der Waals surface area (Å²) >= 11 is 0. The third-order valence-corrected chi connectivity index (χ3v) is 5.88. The molecule has 120 valence electrons. The van der Waals surface area contributed by atoms with E-state index in [-0.39, 0.29) is 11.0 Å². The number of hydrogen-bond acceptors (Lipinski definition) is 2. The normalized spacial score (nSPS) is 11.2. The summed E-state index contributed by atoms with van der Waals surface area (Å²) in [6, 6.07) is 21.2. The van der Waals surface area contributed by atoms with Crippen molar-refractivity contribution in [3.63, 3.8) is 0 Å². The van der Waals surface area contributed by atoms with E-state index in [1.807, 2.05) is 12.1 Å². The molecule has 0 aliphatic rings. The largest absolute Gasteiger partial charge is 0.462 e. The zero-order valence-corrected chi connectivity index (χ0v) is 15.9. The number of rotatable bonds is 7. The molecule has 0 radical (unpaired) electrons. The highest BCUT2D eigenvalue weighted by atomic mass is 28.1. The third-order valence-electron chi connectivity index (χ3n) is 4.22. The molecule has 0 aromatic heterocycles. The lowest BCUT2D eigenvalue weighted by atomic mass is 9.86. The summed E-state index contributed by atoms with van der Waals surface area (Å²) in [5.74, 6) is -0.302. The minimum atomic E-state index is -0.302. The molecular weight excluding hydrogens is 300 g/mol. The predicted octanol–water partition coefficient (Wildman–Crippen LogP) is 3.20. The lowest BCUT2D eigenvalue weighted by molar-refractivity contribution is -0.139. The molecule has 3 heteroatoms. The maximum atomic E-state index is 11.5. The molecule has 0 saturated carbocycles. The molecule has 0 aliphatic carbocycles. The van der Waals surface area contributed by atoms with Crippen LogP contribution in [0.2, 0.25) is 0 Å². The van der Waals surface area contributed by atoms with Crippen LogP contribution in [0.1, 0.15) is 30.9 Å². The second-order valence-corrected chi connectivity index (χ2v) is 7.79. The number of ether oxygens (including phenoxy) is 1. The SMILES string of the molecule is C=C(C)C(=O)OCCCC([SiH3])(c1ccccc1)c1ccccc1. The quantitative estimate of drug-likeness (QED) is 0.338. The second kappa shape index (κ2) is 7.93. The van der Waals surface area contributed by atoms with Gasteiger partial charge in [-0.05, 0) is 30.9 Å². The number of esters is 1. The van der Waals surface area contributed by atoms with Crippen molar-refractivity contribution in [3.8, 4) is 0 Å². The number of carbonyl (C=O) groups excluding carboxylic acids is 1. The van der Waals surface area contributed by atoms with Crippen LogP contribution >= 0.6 is 0 Å². The molecule has 0 fully saturated rings. The van der Waals surface area contributed by atoms with E-state index in [4.69, 9.17) is 4.74 Å². The van der Waals surface area contributed by atoms with Gasteiger partial charge < -0.3 is 4.74 Å². The Morgan fingerprint density at radius 2 is 1.52 bits per heavy atom. The first kappa shape index (κ1) is 17.2. The highest BCUT2D eigenvalue weighted by Crippen LogP contribution is 2.33. The van der Waals surface area contributed by atoms with Crippen LogP contribution in [-0.4, -0.2) is 22.8 Å². The van der Waals surface area contributed by atoms with Crippen molar-refractivity contribution < 1.29 is 9.53 Å². The van der Waals surface area contributed by atoms with Crippen molar-refractivity contribution in [2.24, 2.45) is 0 Å². The number of hydrogen-bond donors (Lipinski definition) is 0. The van der Waals surface area contributed by atoms with Crippen LogP contribution in [0.4, 0.5) is 0 Å². The van der Waals surface area contributed by atoms with Gasteiger partial charge in [-0.2, -0.15) is 0 Å². The molecule has 2 aromatic carbocycles. The molecule has 23 heavy (non-hydrogen) atoms. The van der Waals surface area contributed by atoms with Gasteiger partial charge >= 0.3 is 5.97 Å². The maximum absolute atomic E-state index is 11.5. The highest BCUT2D eigenvalue weighted by Gasteiger charge is 2.28. The van der Waals surface area contributed by atoms with Crippen molar-refractivity contribution >= 4 is 16.2 Å². The Balaban J connectivity index is 2.13. The summed E-state index contributed by atoms with van der Waals surface area (Å²) in [5.41, 5.74) is 3.13. The van der Waals surface area contributed by atoms with Crippen molar-refractivity contribution in [2.45, 2.75) is 24.8 Å². The average Bonchev–Trinajstić information content (AvgIpc) is 2.59. The summed E-state index contributed by atoms with van der Waals surface area (Å²) < 4.78 is 5.25. The van der Waals surface area contributed by atoms with Crippen molar-refractivity contribution in [1.29, 1.82) is 0 Å².